The molecule has 2 fully saturated rings. The van der Waals surface area contributed by atoms with Crippen LogP contribution in [-0.2, 0) is 4.79 Å². The number of aromatic amines is 1. The molecule has 0 aromatic carbocycles. The van der Waals surface area contributed by atoms with Crippen molar-refractivity contribution in [1.82, 2.24) is 20.1 Å². The number of nitrogens with one attached hydrogen (secondary N) is 2. The van der Waals surface area contributed by atoms with E-state index in [1.165, 1.54) is 24.6 Å². The summed E-state index contributed by atoms with van der Waals surface area (Å²) in [6.07, 6.45) is 4.48. The largest absolute Gasteiger partial charge is 0.396 e. The maximum absolute atomic E-state index is 12.2. The lowest BCUT2D eigenvalue weighted by atomic mass is 9.96. The van der Waals surface area contributed by atoms with E-state index in [-0.39, 0.29) is 18.4 Å². The number of carbonyl (C=O) groups excluding carboxylic acids is 1. The van der Waals surface area contributed by atoms with Crippen LogP contribution in [0.25, 0.3) is 0 Å². The van der Waals surface area contributed by atoms with Gasteiger partial charge in [-0.1, -0.05) is 11.8 Å². The van der Waals surface area contributed by atoms with Crippen molar-refractivity contribution in [3.05, 3.63) is 0 Å². The van der Waals surface area contributed by atoms with Crippen molar-refractivity contribution in [2.45, 2.75) is 36.9 Å². The molecule has 0 atom stereocenters. The highest BCUT2D eigenvalue weighted by atomic mass is 32.2. The summed E-state index contributed by atoms with van der Waals surface area (Å²) < 4.78 is 0. The number of piperidine rings is 1. The maximum Gasteiger partial charge on any atom is 0.229 e. The molecule has 2 heterocycles. The minimum Gasteiger partial charge on any atom is -0.396 e. The topological polar surface area (TPSA) is 94.1 Å². The van der Waals surface area contributed by atoms with E-state index in [1.54, 1.807) is 0 Å². The summed E-state index contributed by atoms with van der Waals surface area (Å²) in [5, 5.41) is 18.8. The second kappa shape index (κ2) is 6.76. The number of likely N-dealkylation sites (tertiary alicyclic amines) is 1. The summed E-state index contributed by atoms with van der Waals surface area (Å²) in [4.78, 5) is 18.9. The average Bonchev–Trinajstić information content (AvgIpc) is 3.27. The zero-order valence-corrected chi connectivity index (χ0v) is 12.7. The number of nitrogens with zero attached hydrogens (tertiary/aromatic N) is 3. The summed E-state index contributed by atoms with van der Waals surface area (Å²) in [7, 11) is 0. The lowest BCUT2D eigenvalue weighted by Crippen LogP contribution is -2.39. The molecule has 0 bridgehead atoms. The van der Waals surface area contributed by atoms with Crippen molar-refractivity contribution in [1.29, 1.82) is 0 Å². The Morgan fingerprint density at radius 1 is 1.38 bits per heavy atom. The molecule has 8 heteroatoms. The standard InChI is InChI=1S/C13H21N5O2S/c19-7-8-21-13-15-12(16-17-13)14-11(20)9-3-5-18(6-4-9)10-1-2-10/h9-10,19H,1-8H2,(H2,14,15,16,17,20). The van der Waals surface area contributed by atoms with Crippen LogP contribution in [0.5, 0.6) is 0 Å². The number of hydrogen-bond donors (Lipinski definition) is 3. The SMILES string of the molecule is O=C(Nc1nc(SCCO)n[nH]1)C1CCN(C2CC2)CC1. The third-order valence-electron chi connectivity index (χ3n) is 3.99. The Kier molecular flexibility index (Phi) is 4.77. The molecule has 3 N–H and O–H groups in total. The Morgan fingerprint density at radius 2 is 2.14 bits per heavy atom. The van der Waals surface area contributed by atoms with Gasteiger partial charge in [0.2, 0.25) is 17.0 Å². The van der Waals surface area contributed by atoms with E-state index in [2.05, 4.69) is 25.4 Å². The number of anilines is 1. The predicted octanol–water partition coefficient (Wildman–Crippen LogP) is 0.702. The molecule has 1 aliphatic carbocycles. The highest BCUT2D eigenvalue weighted by Gasteiger charge is 2.33. The van der Waals surface area contributed by atoms with Crippen molar-refractivity contribution >= 4 is 23.6 Å². The summed E-state index contributed by atoms with van der Waals surface area (Å²) >= 11 is 1.35. The molecule has 0 spiro atoms. The van der Waals surface area contributed by atoms with E-state index in [4.69, 9.17) is 5.11 Å². The Bertz CT molecular complexity index is 483. The van der Waals surface area contributed by atoms with E-state index in [0.717, 1.165) is 32.0 Å². The minimum atomic E-state index is 0.0281. The fourth-order valence-corrected chi connectivity index (χ4v) is 3.23. The molecule has 1 saturated carbocycles. The number of rotatable bonds is 6. The molecule has 7 nitrogen and oxygen atoms in total. The molecule has 1 amide bonds. The van der Waals surface area contributed by atoms with Crippen molar-refractivity contribution in [3.8, 4) is 0 Å². The van der Waals surface area contributed by atoms with Crippen LogP contribution in [0.15, 0.2) is 5.16 Å². The van der Waals surface area contributed by atoms with Gasteiger partial charge >= 0.3 is 0 Å². The number of aromatic nitrogens is 3. The van der Waals surface area contributed by atoms with E-state index in [1.807, 2.05) is 0 Å². The third-order valence-corrected chi connectivity index (χ3v) is 4.82. The summed E-state index contributed by atoms with van der Waals surface area (Å²) in [5.74, 6) is 1.04. The number of hydrogen-bond acceptors (Lipinski definition) is 6. The molecule has 1 aromatic heterocycles. The van der Waals surface area contributed by atoms with Crippen LogP contribution in [0, 0.1) is 5.92 Å². The molecule has 1 saturated heterocycles. The monoisotopic (exact) mass is 311 g/mol. The van der Waals surface area contributed by atoms with Crippen LogP contribution in [0.4, 0.5) is 5.95 Å². The molecule has 3 rings (SSSR count). The normalized spacial score (nSPS) is 20.6. The highest BCUT2D eigenvalue weighted by molar-refractivity contribution is 7.99. The van der Waals surface area contributed by atoms with E-state index in [0.29, 0.717) is 16.9 Å². The first kappa shape index (κ1) is 14.8. The average molecular weight is 311 g/mol. The van der Waals surface area contributed by atoms with Crippen LogP contribution < -0.4 is 5.32 Å². The van der Waals surface area contributed by atoms with Crippen molar-refractivity contribution in [2.75, 3.05) is 30.8 Å². The van der Waals surface area contributed by atoms with E-state index < -0.39 is 0 Å². The van der Waals surface area contributed by atoms with Crippen LogP contribution in [0.3, 0.4) is 0 Å². The van der Waals surface area contributed by atoms with Gasteiger partial charge in [-0.2, -0.15) is 4.98 Å². The van der Waals surface area contributed by atoms with Gasteiger partial charge in [0, 0.05) is 17.7 Å². The maximum atomic E-state index is 12.2. The Morgan fingerprint density at radius 3 is 2.81 bits per heavy atom. The zero-order chi connectivity index (χ0) is 14.7. The van der Waals surface area contributed by atoms with Crippen molar-refractivity contribution in [3.63, 3.8) is 0 Å². The molecule has 21 heavy (non-hydrogen) atoms. The Hall–Kier alpha value is -1.12. The van der Waals surface area contributed by atoms with Crippen LogP contribution in [0.1, 0.15) is 25.7 Å². The van der Waals surface area contributed by atoms with Gasteiger partial charge in [0.05, 0.1) is 6.61 Å². The minimum absolute atomic E-state index is 0.0281. The second-order valence-electron chi connectivity index (χ2n) is 5.57. The van der Waals surface area contributed by atoms with Gasteiger partial charge in [-0.05, 0) is 38.8 Å². The molecule has 1 aromatic rings. The number of thioether (sulfide) groups is 1. The van der Waals surface area contributed by atoms with Gasteiger partial charge in [0.15, 0.2) is 0 Å². The molecular formula is C13H21N5O2S. The van der Waals surface area contributed by atoms with Crippen LogP contribution in [-0.4, -0.2) is 62.6 Å². The van der Waals surface area contributed by atoms with Gasteiger partial charge in [-0.15, -0.1) is 5.10 Å². The number of aliphatic hydroxyl groups excluding tert-OH is 1. The first-order valence-electron chi connectivity index (χ1n) is 7.47. The van der Waals surface area contributed by atoms with Crippen molar-refractivity contribution < 1.29 is 9.90 Å². The molecule has 0 unspecified atom stereocenters. The lowest BCUT2D eigenvalue weighted by Gasteiger charge is -2.30. The molecule has 2 aliphatic rings. The smallest absolute Gasteiger partial charge is 0.229 e. The lowest BCUT2D eigenvalue weighted by molar-refractivity contribution is -0.121. The molecule has 0 radical (unpaired) electrons. The van der Waals surface area contributed by atoms with E-state index in [9.17, 15) is 4.79 Å². The van der Waals surface area contributed by atoms with Gasteiger partial charge in [0.1, 0.15) is 0 Å². The summed E-state index contributed by atoms with van der Waals surface area (Å²) in [6.45, 7) is 2.13. The second-order valence-corrected chi connectivity index (χ2v) is 6.63. The van der Waals surface area contributed by atoms with Crippen LogP contribution in [0.2, 0.25) is 0 Å². The highest BCUT2D eigenvalue weighted by Crippen LogP contribution is 2.31. The number of amides is 1. The summed E-state index contributed by atoms with van der Waals surface area (Å²) in [6, 6.07) is 0.786. The quantitative estimate of drug-likeness (QED) is 0.670. The predicted molar refractivity (Wildman–Crippen MR) is 80.1 cm³/mol. The van der Waals surface area contributed by atoms with Crippen LogP contribution >= 0.6 is 11.8 Å². The van der Waals surface area contributed by atoms with Gasteiger partial charge in [-0.3, -0.25) is 10.1 Å². The van der Waals surface area contributed by atoms with Gasteiger partial charge in [0.25, 0.3) is 0 Å². The van der Waals surface area contributed by atoms with Gasteiger partial charge < -0.3 is 10.0 Å². The zero-order valence-electron chi connectivity index (χ0n) is 11.9. The molecule has 1 aliphatic heterocycles. The third kappa shape index (κ3) is 3.96. The van der Waals surface area contributed by atoms with Gasteiger partial charge in [-0.25, -0.2) is 5.10 Å². The Balaban J connectivity index is 1.46. The Labute approximate surface area is 127 Å². The fourth-order valence-electron chi connectivity index (χ4n) is 2.69. The summed E-state index contributed by atoms with van der Waals surface area (Å²) in [5.41, 5.74) is 0. The molecule has 116 valence electrons. The first-order chi connectivity index (χ1) is 10.3. The fraction of sp³-hybridized carbons (Fsp3) is 0.769. The number of H-pyrrole nitrogens is 1. The van der Waals surface area contributed by atoms with Crippen molar-refractivity contribution in [2.24, 2.45) is 5.92 Å². The first-order valence-corrected chi connectivity index (χ1v) is 8.46. The number of carbonyl (C=O) groups is 1. The number of aliphatic hydroxyl groups is 1. The molecular weight excluding hydrogens is 290 g/mol. The van der Waals surface area contributed by atoms with E-state index >= 15 is 0 Å².